The highest BCUT2D eigenvalue weighted by Gasteiger charge is 2.11. The summed E-state index contributed by atoms with van der Waals surface area (Å²) in [6.45, 7) is 4.57. The van der Waals surface area contributed by atoms with Crippen molar-refractivity contribution < 1.29 is 4.79 Å². The number of hydrogen-bond acceptors (Lipinski definition) is 3. The first-order valence-electron chi connectivity index (χ1n) is 7.45. The van der Waals surface area contributed by atoms with Gasteiger partial charge in [0.05, 0.1) is 11.9 Å². The first-order chi connectivity index (χ1) is 11.1. The summed E-state index contributed by atoms with van der Waals surface area (Å²) in [5.74, 6) is -0.229. The van der Waals surface area contributed by atoms with Gasteiger partial charge in [-0.1, -0.05) is 42.0 Å². The normalized spacial score (nSPS) is 10.5. The van der Waals surface area contributed by atoms with E-state index in [1.54, 1.807) is 0 Å². The monoisotopic (exact) mass is 306 g/mol. The van der Waals surface area contributed by atoms with Crippen molar-refractivity contribution in [1.29, 1.82) is 0 Å². The molecule has 5 heteroatoms. The molecule has 3 aromatic rings. The summed E-state index contributed by atoms with van der Waals surface area (Å²) < 4.78 is 0. The molecule has 0 aliphatic carbocycles. The molecule has 0 radical (unpaired) electrons. The first-order valence-corrected chi connectivity index (χ1v) is 7.45. The van der Waals surface area contributed by atoms with Crippen LogP contribution in [0.25, 0.3) is 5.69 Å². The molecule has 0 saturated heterocycles. The van der Waals surface area contributed by atoms with Crippen LogP contribution in [-0.2, 0) is 6.54 Å². The fourth-order valence-electron chi connectivity index (χ4n) is 2.36. The lowest BCUT2D eigenvalue weighted by atomic mass is 10.1. The Morgan fingerprint density at radius 2 is 1.91 bits per heavy atom. The lowest BCUT2D eigenvalue weighted by molar-refractivity contribution is 0.0945. The molecule has 2 aromatic carbocycles. The summed E-state index contributed by atoms with van der Waals surface area (Å²) in [5.41, 5.74) is 4.60. The van der Waals surface area contributed by atoms with Gasteiger partial charge in [0.2, 0.25) is 0 Å². The van der Waals surface area contributed by atoms with Crippen molar-refractivity contribution in [3.05, 3.63) is 77.1 Å². The van der Waals surface area contributed by atoms with Gasteiger partial charge in [0.15, 0.2) is 5.69 Å². The Balaban J connectivity index is 1.68. The number of aryl methyl sites for hydroxylation is 2. The minimum Gasteiger partial charge on any atom is -0.347 e. The van der Waals surface area contributed by atoms with E-state index in [1.165, 1.54) is 22.1 Å². The Morgan fingerprint density at radius 1 is 1.13 bits per heavy atom. The van der Waals surface area contributed by atoms with Gasteiger partial charge in [0, 0.05) is 6.54 Å². The first kappa shape index (κ1) is 15.0. The number of aromatic nitrogens is 3. The Morgan fingerprint density at radius 3 is 2.65 bits per heavy atom. The Labute approximate surface area is 135 Å². The third-order valence-electron chi connectivity index (χ3n) is 3.65. The van der Waals surface area contributed by atoms with Crippen LogP contribution in [0.15, 0.2) is 54.7 Å². The van der Waals surface area contributed by atoms with E-state index < -0.39 is 0 Å². The second kappa shape index (κ2) is 6.44. The molecule has 0 saturated carbocycles. The van der Waals surface area contributed by atoms with Gasteiger partial charge in [0.1, 0.15) is 0 Å². The van der Waals surface area contributed by atoms with Gasteiger partial charge in [0.25, 0.3) is 5.91 Å². The van der Waals surface area contributed by atoms with E-state index in [0.717, 1.165) is 11.3 Å². The molecular weight excluding hydrogens is 288 g/mol. The van der Waals surface area contributed by atoms with Crippen LogP contribution in [0.3, 0.4) is 0 Å². The summed E-state index contributed by atoms with van der Waals surface area (Å²) in [6, 6.07) is 15.7. The van der Waals surface area contributed by atoms with Gasteiger partial charge in [-0.25, -0.2) is 0 Å². The van der Waals surface area contributed by atoms with Crippen LogP contribution < -0.4 is 5.32 Å². The molecule has 5 nitrogen and oxygen atoms in total. The molecule has 1 heterocycles. The standard InChI is InChI=1S/C18H18N4O/c1-13-8-9-15(14(2)10-13)11-19-18(23)17-12-20-22(21-17)16-6-4-3-5-7-16/h3-10,12H,11H2,1-2H3,(H,19,23). The van der Waals surface area contributed by atoms with Gasteiger partial charge in [-0.15, -0.1) is 5.10 Å². The molecule has 0 aliphatic rings. The lowest BCUT2D eigenvalue weighted by Crippen LogP contribution is -2.23. The van der Waals surface area contributed by atoms with Crippen LogP contribution in [0.4, 0.5) is 0 Å². The van der Waals surface area contributed by atoms with E-state index in [0.29, 0.717) is 12.2 Å². The summed E-state index contributed by atoms with van der Waals surface area (Å²) in [7, 11) is 0. The van der Waals surface area contributed by atoms with E-state index in [1.807, 2.05) is 49.4 Å². The van der Waals surface area contributed by atoms with Crippen molar-refractivity contribution in [1.82, 2.24) is 20.3 Å². The molecular formula is C18H18N4O. The fraction of sp³-hybridized carbons (Fsp3) is 0.167. The molecule has 0 unspecified atom stereocenters. The highest BCUT2D eigenvalue weighted by Crippen LogP contribution is 2.10. The lowest BCUT2D eigenvalue weighted by Gasteiger charge is -2.07. The molecule has 116 valence electrons. The number of para-hydroxylation sites is 1. The second-order valence-corrected chi connectivity index (χ2v) is 5.47. The Kier molecular flexibility index (Phi) is 4.19. The maximum atomic E-state index is 12.2. The summed E-state index contributed by atoms with van der Waals surface area (Å²) in [6.07, 6.45) is 1.48. The van der Waals surface area contributed by atoms with Crippen molar-refractivity contribution in [2.24, 2.45) is 0 Å². The van der Waals surface area contributed by atoms with Crippen molar-refractivity contribution in [3.8, 4) is 5.69 Å². The predicted molar refractivity (Wildman–Crippen MR) is 88.4 cm³/mol. The zero-order valence-electron chi connectivity index (χ0n) is 13.2. The largest absolute Gasteiger partial charge is 0.347 e. The molecule has 1 amide bonds. The average molecular weight is 306 g/mol. The number of nitrogens with zero attached hydrogens (tertiary/aromatic N) is 3. The van der Waals surface area contributed by atoms with E-state index >= 15 is 0 Å². The molecule has 0 aliphatic heterocycles. The van der Waals surface area contributed by atoms with Crippen molar-refractivity contribution in [2.45, 2.75) is 20.4 Å². The number of carbonyl (C=O) groups is 1. The van der Waals surface area contributed by atoms with E-state index in [2.05, 4.69) is 28.5 Å². The number of hydrogen-bond donors (Lipinski definition) is 1. The van der Waals surface area contributed by atoms with Crippen LogP contribution in [0.5, 0.6) is 0 Å². The molecule has 3 rings (SSSR count). The zero-order chi connectivity index (χ0) is 16.2. The van der Waals surface area contributed by atoms with Crippen LogP contribution in [0.1, 0.15) is 27.2 Å². The predicted octanol–water partition coefficient (Wildman–Crippen LogP) is 2.81. The van der Waals surface area contributed by atoms with Gasteiger partial charge in [-0.2, -0.15) is 9.90 Å². The molecule has 0 bridgehead atoms. The molecule has 0 spiro atoms. The van der Waals surface area contributed by atoms with Crippen molar-refractivity contribution in [3.63, 3.8) is 0 Å². The van der Waals surface area contributed by atoms with Gasteiger partial charge >= 0.3 is 0 Å². The summed E-state index contributed by atoms with van der Waals surface area (Å²) in [5, 5.41) is 11.2. The van der Waals surface area contributed by atoms with Crippen LogP contribution in [0, 0.1) is 13.8 Å². The number of carbonyl (C=O) groups excluding carboxylic acids is 1. The maximum Gasteiger partial charge on any atom is 0.273 e. The third-order valence-corrected chi connectivity index (χ3v) is 3.65. The van der Waals surface area contributed by atoms with Crippen LogP contribution in [-0.4, -0.2) is 20.9 Å². The second-order valence-electron chi connectivity index (χ2n) is 5.47. The van der Waals surface area contributed by atoms with E-state index in [-0.39, 0.29) is 5.91 Å². The SMILES string of the molecule is Cc1ccc(CNC(=O)c2cnn(-c3ccccc3)n2)c(C)c1. The highest BCUT2D eigenvalue weighted by molar-refractivity contribution is 5.91. The molecule has 1 N–H and O–H groups in total. The zero-order valence-corrected chi connectivity index (χ0v) is 13.2. The smallest absolute Gasteiger partial charge is 0.273 e. The van der Waals surface area contributed by atoms with Crippen molar-refractivity contribution >= 4 is 5.91 Å². The maximum absolute atomic E-state index is 12.2. The summed E-state index contributed by atoms with van der Waals surface area (Å²) >= 11 is 0. The molecule has 23 heavy (non-hydrogen) atoms. The highest BCUT2D eigenvalue weighted by atomic mass is 16.2. The van der Waals surface area contributed by atoms with Crippen LogP contribution in [0.2, 0.25) is 0 Å². The van der Waals surface area contributed by atoms with Gasteiger partial charge in [-0.3, -0.25) is 4.79 Å². The molecule has 0 atom stereocenters. The topological polar surface area (TPSA) is 59.8 Å². The Hall–Kier alpha value is -2.95. The number of rotatable bonds is 4. The van der Waals surface area contributed by atoms with Gasteiger partial charge < -0.3 is 5.32 Å². The van der Waals surface area contributed by atoms with E-state index in [4.69, 9.17) is 0 Å². The number of benzene rings is 2. The Bertz CT molecular complexity index is 824. The molecule has 1 aromatic heterocycles. The number of nitrogens with one attached hydrogen (secondary N) is 1. The minimum absolute atomic E-state index is 0.229. The summed E-state index contributed by atoms with van der Waals surface area (Å²) in [4.78, 5) is 13.7. The molecule has 0 fully saturated rings. The van der Waals surface area contributed by atoms with Crippen molar-refractivity contribution in [2.75, 3.05) is 0 Å². The third kappa shape index (κ3) is 3.45. The minimum atomic E-state index is -0.229. The van der Waals surface area contributed by atoms with Gasteiger partial charge in [-0.05, 0) is 37.1 Å². The fourth-order valence-corrected chi connectivity index (χ4v) is 2.36. The quantitative estimate of drug-likeness (QED) is 0.806. The average Bonchev–Trinajstić information content (AvgIpc) is 3.05. The van der Waals surface area contributed by atoms with Crippen LogP contribution >= 0.6 is 0 Å². The van der Waals surface area contributed by atoms with E-state index in [9.17, 15) is 4.79 Å². The number of amides is 1.